The molecular formula is C20H21BrN4O. The van der Waals surface area contributed by atoms with E-state index in [4.69, 9.17) is 0 Å². The maximum Gasteiger partial charge on any atom is 0.255 e. The van der Waals surface area contributed by atoms with Gasteiger partial charge in [0.1, 0.15) is 0 Å². The summed E-state index contributed by atoms with van der Waals surface area (Å²) in [4.78, 5) is 19.6. The molecule has 26 heavy (non-hydrogen) atoms. The van der Waals surface area contributed by atoms with E-state index in [9.17, 15) is 4.79 Å². The van der Waals surface area contributed by atoms with E-state index in [0.717, 1.165) is 33.9 Å². The molecule has 6 heteroatoms. The first-order chi connectivity index (χ1) is 12.5. The van der Waals surface area contributed by atoms with Gasteiger partial charge in [0, 0.05) is 34.7 Å². The van der Waals surface area contributed by atoms with E-state index in [2.05, 4.69) is 52.0 Å². The van der Waals surface area contributed by atoms with Crippen molar-refractivity contribution in [2.45, 2.75) is 45.3 Å². The summed E-state index contributed by atoms with van der Waals surface area (Å²) in [7, 11) is 0. The number of carbonyl (C=O) groups is 1. The highest BCUT2D eigenvalue weighted by atomic mass is 79.9. The fraction of sp³-hybridized carbons (Fsp3) is 0.350. The number of fused-ring (bicyclic) bond motifs is 1. The maximum absolute atomic E-state index is 13.1. The van der Waals surface area contributed by atoms with Crippen LogP contribution in [-0.2, 0) is 6.54 Å². The van der Waals surface area contributed by atoms with E-state index in [1.165, 1.54) is 0 Å². The molecule has 4 rings (SSSR count). The van der Waals surface area contributed by atoms with Gasteiger partial charge in [0.2, 0.25) is 0 Å². The molecule has 0 radical (unpaired) electrons. The van der Waals surface area contributed by atoms with Crippen molar-refractivity contribution in [2.24, 2.45) is 0 Å². The lowest BCUT2D eigenvalue weighted by Crippen LogP contribution is -2.32. The Morgan fingerprint density at radius 3 is 2.81 bits per heavy atom. The zero-order chi connectivity index (χ0) is 18.3. The van der Waals surface area contributed by atoms with Crippen LogP contribution in [0.15, 0.2) is 47.2 Å². The Hall–Kier alpha value is -2.21. The second-order valence-electron chi connectivity index (χ2n) is 7.11. The number of hydrogen-bond donors (Lipinski definition) is 0. The van der Waals surface area contributed by atoms with Gasteiger partial charge < -0.3 is 4.90 Å². The van der Waals surface area contributed by atoms with Crippen molar-refractivity contribution in [1.29, 1.82) is 0 Å². The largest absolute Gasteiger partial charge is 0.331 e. The monoisotopic (exact) mass is 412 g/mol. The number of carbonyl (C=O) groups excluding carboxylic acids is 1. The summed E-state index contributed by atoms with van der Waals surface area (Å²) in [5.74, 6) is 0.0409. The molecule has 0 atom stereocenters. The van der Waals surface area contributed by atoms with Gasteiger partial charge in [0.25, 0.3) is 5.91 Å². The Morgan fingerprint density at radius 1 is 1.31 bits per heavy atom. The number of benzene rings is 1. The Balaban J connectivity index is 1.62. The van der Waals surface area contributed by atoms with Gasteiger partial charge in [-0.1, -0.05) is 28.1 Å². The predicted octanol–water partition coefficient (Wildman–Crippen LogP) is 4.58. The molecule has 0 aliphatic heterocycles. The third-order valence-electron chi connectivity index (χ3n) is 4.66. The normalized spacial score (nSPS) is 14.2. The van der Waals surface area contributed by atoms with Crippen LogP contribution < -0.4 is 0 Å². The molecule has 1 aliphatic carbocycles. The summed E-state index contributed by atoms with van der Waals surface area (Å²) < 4.78 is 2.91. The van der Waals surface area contributed by atoms with Gasteiger partial charge >= 0.3 is 0 Å². The van der Waals surface area contributed by atoms with E-state index in [1.54, 1.807) is 12.4 Å². The highest BCUT2D eigenvalue weighted by Crippen LogP contribution is 2.30. The van der Waals surface area contributed by atoms with Gasteiger partial charge in [-0.25, -0.2) is 9.67 Å². The minimum Gasteiger partial charge on any atom is -0.331 e. The Bertz CT molecular complexity index is 961. The van der Waals surface area contributed by atoms with Crippen molar-refractivity contribution < 1.29 is 4.79 Å². The molecule has 2 heterocycles. The summed E-state index contributed by atoms with van der Waals surface area (Å²) in [6, 6.07) is 10.6. The molecule has 1 aromatic carbocycles. The molecule has 3 aromatic rings. The number of aromatic nitrogens is 3. The second-order valence-corrected chi connectivity index (χ2v) is 8.03. The van der Waals surface area contributed by atoms with Crippen LogP contribution in [-0.4, -0.2) is 31.6 Å². The first-order valence-electron chi connectivity index (χ1n) is 8.91. The van der Waals surface area contributed by atoms with Crippen LogP contribution in [0, 0.1) is 0 Å². The van der Waals surface area contributed by atoms with E-state index in [1.807, 2.05) is 27.8 Å². The summed E-state index contributed by atoms with van der Waals surface area (Å²) >= 11 is 3.51. The number of amides is 1. The van der Waals surface area contributed by atoms with E-state index in [-0.39, 0.29) is 11.9 Å². The van der Waals surface area contributed by atoms with Crippen LogP contribution in [0.25, 0.3) is 11.0 Å². The van der Waals surface area contributed by atoms with Crippen LogP contribution in [0.1, 0.15) is 48.7 Å². The van der Waals surface area contributed by atoms with Crippen molar-refractivity contribution in [2.75, 3.05) is 0 Å². The fourth-order valence-electron chi connectivity index (χ4n) is 3.19. The van der Waals surface area contributed by atoms with Gasteiger partial charge in [0.15, 0.2) is 5.65 Å². The van der Waals surface area contributed by atoms with Crippen LogP contribution >= 0.6 is 15.9 Å². The standard InChI is InChI=1S/C20H21BrN4O/c1-13(2)25-19-15(11-23-25)9-16(10-22-19)20(26)24(18-6-7-18)12-14-4-3-5-17(21)8-14/h3-5,8-11,13,18H,6-7,12H2,1-2H3. The highest BCUT2D eigenvalue weighted by molar-refractivity contribution is 9.10. The number of pyridine rings is 1. The Morgan fingerprint density at radius 2 is 2.12 bits per heavy atom. The molecule has 1 fully saturated rings. The number of hydrogen-bond acceptors (Lipinski definition) is 3. The lowest BCUT2D eigenvalue weighted by Gasteiger charge is -2.22. The van der Waals surface area contributed by atoms with Crippen molar-refractivity contribution in [3.63, 3.8) is 0 Å². The van der Waals surface area contributed by atoms with E-state index < -0.39 is 0 Å². The van der Waals surface area contributed by atoms with Crippen molar-refractivity contribution >= 4 is 32.9 Å². The average Bonchev–Trinajstić information content (AvgIpc) is 3.37. The smallest absolute Gasteiger partial charge is 0.255 e. The fourth-order valence-corrected chi connectivity index (χ4v) is 3.63. The van der Waals surface area contributed by atoms with E-state index >= 15 is 0 Å². The minimum absolute atomic E-state index is 0.0409. The SMILES string of the molecule is CC(C)n1ncc2cc(C(=O)N(Cc3cccc(Br)c3)C3CC3)cnc21. The first-order valence-corrected chi connectivity index (χ1v) is 9.71. The van der Waals surface area contributed by atoms with Crippen LogP contribution in [0.4, 0.5) is 0 Å². The van der Waals surface area contributed by atoms with Crippen molar-refractivity contribution in [1.82, 2.24) is 19.7 Å². The number of rotatable bonds is 5. The highest BCUT2D eigenvalue weighted by Gasteiger charge is 2.33. The molecule has 1 amide bonds. The van der Waals surface area contributed by atoms with Gasteiger partial charge in [-0.05, 0) is 50.5 Å². The molecule has 0 unspecified atom stereocenters. The van der Waals surface area contributed by atoms with Crippen LogP contribution in [0.5, 0.6) is 0 Å². The molecule has 1 saturated carbocycles. The van der Waals surface area contributed by atoms with Gasteiger partial charge in [-0.15, -0.1) is 0 Å². The molecule has 134 valence electrons. The lowest BCUT2D eigenvalue weighted by atomic mass is 10.1. The zero-order valence-electron chi connectivity index (χ0n) is 14.9. The van der Waals surface area contributed by atoms with Crippen molar-refractivity contribution in [3.8, 4) is 0 Å². The number of halogens is 1. The molecule has 1 aliphatic rings. The molecule has 0 N–H and O–H groups in total. The lowest BCUT2D eigenvalue weighted by molar-refractivity contribution is 0.0729. The maximum atomic E-state index is 13.1. The predicted molar refractivity (Wildman–Crippen MR) is 105 cm³/mol. The minimum atomic E-state index is 0.0409. The third kappa shape index (κ3) is 3.38. The average molecular weight is 413 g/mol. The van der Waals surface area contributed by atoms with E-state index in [0.29, 0.717) is 18.2 Å². The van der Waals surface area contributed by atoms with Crippen molar-refractivity contribution in [3.05, 3.63) is 58.3 Å². The summed E-state index contributed by atoms with van der Waals surface area (Å²) in [5.41, 5.74) is 2.57. The Labute approximate surface area is 161 Å². The summed E-state index contributed by atoms with van der Waals surface area (Å²) in [5, 5.41) is 5.29. The first kappa shape index (κ1) is 17.2. The topological polar surface area (TPSA) is 51.0 Å². The summed E-state index contributed by atoms with van der Waals surface area (Å²) in [6.07, 6.45) is 5.61. The molecule has 2 aromatic heterocycles. The van der Waals surface area contributed by atoms with Gasteiger partial charge in [-0.2, -0.15) is 5.10 Å². The quantitative estimate of drug-likeness (QED) is 0.615. The molecule has 0 spiro atoms. The summed E-state index contributed by atoms with van der Waals surface area (Å²) in [6.45, 7) is 4.76. The molecule has 0 saturated heterocycles. The second kappa shape index (κ2) is 6.83. The zero-order valence-corrected chi connectivity index (χ0v) is 16.5. The van der Waals surface area contributed by atoms with Crippen LogP contribution in [0.2, 0.25) is 0 Å². The van der Waals surface area contributed by atoms with Gasteiger partial charge in [0.05, 0.1) is 11.8 Å². The molecule has 5 nitrogen and oxygen atoms in total. The Kier molecular flexibility index (Phi) is 4.53. The molecular weight excluding hydrogens is 392 g/mol. The third-order valence-corrected chi connectivity index (χ3v) is 5.15. The molecule has 0 bridgehead atoms. The number of nitrogens with zero attached hydrogens (tertiary/aromatic N) is 4. The van der Waals surface area contributed by atoms with Gasteiger partial charge in [-0.3, -0.25) is 4.79 Å². The van der Waals surface area contributed by atoms with Crippen LogP contribution in [0.3, 0.4) is 0 Å².